The van der Waals surface area contributed by atoms with Gasteiger partial charge in [-0.25, -0.2) is 0 Å². The summed E-state index contributed by atoms with van der Waals surface area (Å²) in [5.41, 5.74) is 2.86. The highest BCUT2D eigenvalue weighted by molar-refractivity contribution is 6.11. The van der Waals surface area contributed by atoms with Gasteiger partial charge in [0.25, 0.3) is 0 Å². The highest BCUT2D eigenvalue weighted by Crippen LogP contribution is 2.29. The van der Waals surface area contributed by atoms with Crippen LogP contribution in [0.15, 0.2) is 84.9 Å². The van der Waals surface area contributed by atoms with Crippen LogP contribution >= 0.6 is 0 Å². The normalized spacial score (nSPS) is 11.3. The zero-order valence-corrected chi connectivity index (χ0v) is 15.5. The molecule has 4 aromatic carbocycles. The van der Waals surface area contributed by atoms with Gasteiger partial charge in [0.15, 0.2) is 5.78 Å². The highest BCUT2D eigenvalue weighted by atomic mass is 16.1. The number of nitrogens with zero attached hydrogens (tertiary/aromatic N) is 1. The average molecular weight is 351 g/mol. The van der Waals surface area contributed by atoms with Crippen LogP contribution in [0.1, 0.15) is 15.9 Å². The predicted octanol–water partition coefficient (Wildman–Crippen LogP) is 5.96. The molecule has 27 heavy (non-hydrogen) atoms. The summed E-state index contributed by atoms with van der Waals surface area (Å²) in [6.07, 6.45) is 3.63. The molecule has 0 heterocycles. The SMILES string of the molecule is CN(C)c1ccc(C(=O)/C=C/c2c3ccccc3cc3ccccc23)cc1. The number of benzene rings is 4. The minimum atomic E-state index is 0.0114. The maximum atomic E-state index is 12.7. The smallest absolute Gasteiger partial charge is 0.185 e. The van der Waals surface area contributed by atoms with Gasteiger partial charge >= 0.3 is 0 Å². The van der Waals surface area contributed by atoms with Crippen molar-refractivity contribution in [3.8, 4) is 0 Å². The molecule has 0 aliphatic carbocycles. The summed E-state index contributed by atoms with van der Waals surface area (Å²) in [7, 11) is 3.98. The Morgan fingerprint density at radius 1 is 0.778 bits per heavy atom. The Balaban J connectivity index is 1.76. The first-order chi connectivity index (χ1) is 13.1. The molecule has 0 saturated carbocycles. The maximum absolute atomic E-state index is 12.7. The fourth-order valence-corrected chi connectivity index (χ4v) is 3.41. The lowest BCUT2D eigenvalue weighted by atomic mass is 9.96. The van der Waals surface area contributed by atoms with Crippen LogP contribution in [0.5, 0.6) is 0 Å². The van der Waals surface area contributed by atoms with Crippen LogP contribution in [0.4, 0.5) is 5.69 Å². The van der Waals surface area contributed by atoms with Gasteiger partial charge in [-0.15, -0.1) is 0 Å². The van der Waals surface area contributed by atoms with Gasteiger partial charge in [-0.1, -0.05) is 48.5 Å². The van der Waals surface area contributed by atoms with E-state index in [2.05, 4.69) is 30.3 Å². The van der Waals surface area contributed by atoms with Gasteiger partial charge in [0, 0.05) is 25.3 Å². The van der Waals surface area contributed by atoms with E-state index in [0.29, 0.717) is 5.56 Å². The number of carbonyl (C=O) groups is 1. The van der Waals surface area contributed by atoms with Gasteiger partial charge in [0.1, 0.15) is 0 Å². The molecule has 0 amide bonds. The molecule has 0 aliphatic rings. The van der Waals surface area contributed by atoms with Gasteiger partial charge in [-0.2, -0.15) is 0 Å². The Kier molecular flexibility index (Phi) is 4.47. The van der Waals surface area contributed by atoms with Crippen molar-refractivity contribution >= 4 is 39.1 Å². The average Bonchev–Trinajstić information content (AvgIpc) is 2.71. The summed E-state index contributed by atoms with van der Waals surface area (Å²) >= 11 is 0. The molecule has 0 bridgehead atoms. The van der Waals surface area contributed by atoms with E-state index in [1.165, 1.54) is 10.8 Å². The van der Waals surface area contributed by atoms with Gasteiger partial charge < -0.3 is 4.90 Å². The third-order valence-corrected chi connectivity index (χ3v) is 4.88. The van der Waals surface area contributed by atoms with E-state index in [-0.39, 0.29) is 5.78 Å². The molecule has 0 aromatic heterocycles. The van der Waals surface area contributed by atoms with Crippen LogP contribution in [0.2, 0.25) is 0 Å². The molecule has 4 aromatic rings. The van der Waals surface area contributed by atoms with Crippen molar-refractivity contribution in [1.82, 2.24) is 0 Å². The number of carbonyl (C=O) groups excluding carboxylic acids is 1. The minimum absolute atomic E-state index is 0.0114. The molecular formula is C25H21NO. The van der Waals surface area contributed by atoms with Crippen LogP contribution < -0.4 is 4.90 Å². The van der Waals surface area contributed by atoms with E-state index in [0.717, 1.165) is 22.0 Å². The lowest BCUT2D eigenvalue weighted by Gasteiger charge is -2.12. The van der Waals surface area contributed by atoms with Crippen molar-refractivity contribution in [1.29, 1.82) is 0 Å². The summed E-state index contributed by atoms with van der Waals surface area (Å²) in [5, 5.41) is 4.67. The molecule has 2 heteroatoms. The fourth-order valence-electron chi connectivity index (χ4n) is 3.41. The topological polar surface area (TPSA) is 20.3 Å². The van der Waals surface area contributed by atoms with Crippen molar-refractivity contribution in [2.45, 2.75) is 0 Å². The number of anilines is 1. The predicted molar refractivity (Wildman–Crippen MR) is 116 cm³/mol. The molecule has 2 nitrogen and oxygen atoms in total. The first-order valence-corrected chi connectivity index (χ1v) is 9.04. The Morgan fingerprint density at radius 3 is 1.89 bits per heavy atom. The molecule has 0 saturated heterocycles. The molecule has 0 unspecified atom stereocenters. The third kappa shape index (κ3) is 3.34. The number of rotatable bonds is 4. The van der Waals surface area contributed by atoms with Crippen LogP contribution in [-0.2, 0) is 0 Å². The van der Waals surface area contributed by atoms with E-state index < -0.39 is 0 Å². The summed E-state index contributed by atoms with van der Waals surface area (Å²) < 4.78 is 0. The van der Waals surface area contributed by atoms with Crippen LogP contribution in [0.25, 0.3) is 27.6 Å². The first kappa shape index (κ1) is 17.0. The Labute approximate surface area is 159 Å². The molecule has 4 rings (SSSR count). The second kappa shape index (κ2) is 7.08. The summed E-state index contributed by atoms with van der Waals surface area (Å²) in [5.74, 6) is 0.0114. The zero-order valence-electron chi connectivity index (χ0n) is 15.5. The maximum Gasteiger partial charge on any atom is 0.185 e. The lowest BCUT2D eigenvalue weighted by molar-refractivity contribution is 0.104. The minimum Gasteiger partial charge on any atom is -0.378 e. The molecule has 0 radical (unpaired) electrons. The molecular weight excluding hydrogens is 330 g/mol. The Morgan fingerprint density at radius 2 is 1.33 bits per heavy atom. The van der Waals surface area contributed by atoms with E-state index in [1.54, 1.807) is 6.08 Å². The summed E-state index contributed by atoms with van der Waals surface area (Å²) in [6, 6.07) is 26.5. The number of hydrogen-bond acceptors (Lipinski definition) is 2. The highest BCUT2D eigenvalue weighted by Gasteiger charge is 2.07. The standard InChI is InChI=1S/C25H21NO/c1-26(2)21-13-11-18(12-14-21)25(27)16-15-24-22-9-5-3-7-19(22)17-20-8-4-6-10-23(20)24/h3-17H,1-2H3/b16-15+. The number of ketones is 1. The van der Waals surface area contributed by atoms with Gasteiger partial charge in [-0.05, 0) is 69.6 Å². The monoisotopic (exact) mass is 351 g/mol. The molecule has 0 aliphatic heterocycles. The second-order valence-corrected chi connectivity index (χ2v) is 6.87. The molecule has 0 N–H and O–H groups in total. The molecule has 132 valence electrons. The van der Waals surface area contributed by atoms with Crippen molar-refractivity contribution in [2.24, 2.45) is 0 Å². The molecule has 0 spiro atoms. The molecule has 0 atom stereocenters. The van der Waals surface area contributed by atoms with Gasteiger partial charge in [0.05, 0.1) is 0 Å². The molecule has 0 fully saturated rings. The van der Waals surface area contributed by atoms with Gasteiger partial charge in [-0.3, -0.25) is 4.79 Å². The Hall–Kier alpha value is -3.39. The fraction of sp³-hybridized carbons (Fsp3) is 0.0800. The number of hydrogen-bond donors (Lipinski definition) is 0. The summed E-state index contributed by atoms with van der Waals surface area (Å²) in [4.78, 5) is 14.7. The zero-order chi connectivity index (χ0) is 18.8. The van der Waals surface area contributed by atoms with Crippen molar-refractivity contribution in [3.05, 3.63) is 96.1 Å². The van der Waals surface area contributed by atoms with E-state index in [9.17, 15) is 4.79 Å². The van der Waals surface area contributed by atoms with E-state index in [4.69, 9.17) is 0 Å². The summed E-state index contributed by atoms with van der Waals surface area (Å²) in [6.45, 7) is 0. The number of allylic oxidation sites excluding steroid dienone is 1. The lowest BCUT2D eigenvalue weighted by Crippen LogP contribution is -2.08. The van der Waals surface area contributed by atoms with Crippen LogP contribution in [-0.4, -0.2) is 19.9 Å². The second-order valence-electron chi connectivity index (χ2n) is 6.87. The van der Waals surface area contributed by atoms with Gasteiger partial charge in [0.2, 0.25) is 0 Å². The first-order valence-electron chi connectivity index (χ1n) is 9.04. The van der Waals surface area contributed by atoms with Crippen LogP contribution in [0, 0.1) is 0 Å². The van der Waals surface area contributed by atoms with E-state index >= 15 is 0 Å². The van der Waals surface area contributed by atoms with Crippen molar-refractivity contribution < 1.29 is 4.79 Å². The number of fused-ring (bicyclic) bond motifs is 2. The third-order valence-electron chi connectivity index (χ3n) is 4.88. The van der Waals surface area contributed by atoms with Crippen molar-refractivity contribution in [2.75, 3.05) is 19.0 Å². The largest absolute Gasteiger partial charge is 0.378 e. The quantitative estimate of drug-likeness (QED) is 0.257. The van der Waals surface area contributed by atoms with Crippen LogP contribution in [0.3, 0.4) is 0 Å². The van der Waals surface area contributed by atoms with Crippen molar-refractivity contribution in [3.63, 3.8) is 0 Å². The van der Waals surface area contributed by atoms with E-state index in [1.807, 2.05) is 73.6 Å². The Bertz CT molecular complexity index is 1100.